The standard InChI is InChI=1S/C22H24N2O4S/c1-4-27-17-7-5-6-8-20(17)29(26)23-21(25)19-11-15-9-10-16(12-18(15)28-19)24-13-22(2,3)14-24/h5-12H,4,13-14H2,1-3H3,(H,23,25). The Morgan fingerprint density at radius 1 is 1.24 bits per heavy atom. The molecule has 2 heterocycles. The SMILES string of the molecule is CCOc1ccccc1[S+]([O-])NC(=O)c1cc2ccc(N3CC(C)(C)C3)cc2o1. The van der Waals surface area contributed by atoms with Gasteiger partial charge in [0.05, 0.1) is 6.61 Å². The average Bonchev–Trinajstić information content (AvgIpc) is 3.10. The molecule has 2 aromatic carbocycles. The highest BCUT2D eigenvalue weighted by molar-refractivity contribution is 7.90. The second-order valence-corrected chi connectivity index (χ2v) is 9.11. The van der Waals surface area contributed by atoms with Crippen LogP contribution in [0.3, 0.4) is 0 Å². The minimum absolute atomic E-state index is 0.128. The molecule has 1 atom stereocenters. The predicted molar refractivity (Wildman–Crippen MR) is 114 cm³/mol. The van der Waals surface area contributed by atoms with Gasteiger partial charge in [-0.1, -0.05) is 26.0 Å². The van der Waals surface area contributed by atoms with Crippen molar-refractivity contribution in [1.82, 2.24) is 4.72 Å². The van der Waals surface area contributed by atoms with Crippen LogP contribution in [0.25, 0.3) is 11.0 Å². The summed E-state index contributed by atoms with van der Waals surface area (Å²) in [6.07, 6.45) is 0. The summed E-state index contributed by atoms with van der Waals surface area (Å²) in [5.41, 5.74) is 2.04. The maximum atomic E-state index is 12.6. The Balaban J connectivity index is 1.50. The molecule has 0 bridgehead atoms. The molecule has 0 spiro atoms. The number of nitrogens with one attached hydrogen (secondary N) is 1. The van der Waals surface area contributed by atoms with Gasteiger partial charge in [0.15, 0.2) is 11.5 Å². The van der Waals surface area contributed by atoms with Crippen molar-refractivity contribution >= 4 is 33.9 Å². The molecule has 6 nitrogen and oxygen atoms in total. The smallest absolute Gasteiger partial charge is 0.328 e. The summed E-state index contributed by atoms with van der Waals surface area (Å²) < 4.78 is 26.4. The lowest BCUT2D eigenvalue weighted by Crippen LogP contribution is -2.53. The zero-order chi connectivity index (χ0) is 20.6. The number of hydrogen-bond donors (Lipinski definition) is 1. The summed E-state index contributed by atoms with van der Waals surface area (Å²) in [6.45, 7) is 8.75. The number of benzene rings is 2. The van der Waals surface area contributed by atoms with Crippen LogP contribution in [0, 0.1) is 5.41 Å². The zero-order valence-electron chi connectivity index (χ0n) is 16.7. The van der Waals surface area contributed by atoms with Gasteiger partial charge in [-0.25, -0.2) is 0 Å². The number of fused-ring (bicyclic) bond motifs is 1. The third-order valence-corrected chi connectivity index (χ3v) is 5.97. The minimum atomic E-state index is -1.75. The van der Waals surface area contributed by atoms with Gasteiger partial charge in [-0.15, -0.1) is 0 Å². The molecule has 1 aromatic heterocycles. The quantitative estimate of drug-likeness (QED) is 0.616. The number of rotatable bonds is 6. The third-order valence-electron chi connectivity index (χ3n) is 4.86. The van der Waals surface area contributed by atoms with Crippen LogP contribution in [0.15, 0.2) is 57.8 Å². The van der Waals surface area contributed by atoms with E-state index in [0.29, 0.717) is 28.2 Å². The van der Waals surface area contributed by atoms with Crippen LogP contribution in [0.4, 0.5) is 5.69 Å². The van der Waals surface area contributed by atoms with E-state index in [-0.39, 0.29) is 5.76 Å². The lowest BCUT2D eigenvalue weighted by molar-refractivity contribution is 0.0956. The summed E-state index contributed by atoms with van der Waals surface area (Å²) in [6, 6.07) is 14.5. The van der Waals surface area contributed by atoms with Gasteiger partial charge >= 0.3 is 5.91 Å². The summed E-state index contributed by atoms with van der Waals surface area (Å²) in [5, 5.41) is 0.833. The topological polar surface area (TPSA) is 77.8 Å². The molecule has 3 aromatic rings. The Bertz CT molecular complexity index is 1040. The van der Waals surface area contributed by atoms with Gasteiger partial charge in [0, 0.05) is 30.2 Å². The lowest BCUT2D eigenvalue weighted by atomic mass is 9.84. The van der Waals surface area contributed by atoms with E-state index in [0.717, 1.165) is 24.2 Å². The molecule has 1 aliphatic rings. The summed E-state index contributed by atoms with van der Waals surface area (Å²) in [7, 11) is 0. The van der Waals surface area contributed by atoms with E-state index >= 15 is 0 Å². The Hall–Kier alpha value is -2.64. The fraction of sp³-hybridized carbons (Fsp3) is 0.318. The highest BCUT2D eigenvalue weighted by Crippen LogP contribution is 2.35. The van der Waals surface area contributed by atoms with E-state index < -0.39 is 17.3 Å². The first-order chi connectivity index (χ1) is 13.9. The van der Waals surface area contributed by atoms with E-state index in [2.05, 4.69) is 23.5 Å². The molecule has 1 amide bonds. The monoisotopic (exact) mass is 412 g/mol. The molecule has 1 saturated heterocycles. The van der Waals surface area contributed by atoms with Crippen molar-refractivity contribution in [2.75, 3.05) is 24.6 Å². The van der Waals surface area contributed by atoms with E-state index in [1.165, 1.54) is 0 Å². The van der Waals surface area contributed by atoms with Crippen molar-refractivity contribution in [3.8, 4) is 5.75 Å². The third kappa shape index (κ3) is 4.06. The molecule has 29 heavy (non-hydrogen) atoms. The normalized spacial score (nSPS) is 16.3. The number of anilines is 1. The van der Waals surface area contributed by atoms with Crippen LogP contribution in [-0.4, -0.2) is 30.2 Å². The summed E-state index contributed by atoms with van der Waals surface area (Å²) in [5.74, 6) is 0.0844. The highest BCUT2D eigenvalue weighted by Gasteiger charge is 2.34. The van der Waals surface area contributed by atoms with Crippen LogP contribution >= 0.6 is 0 Å². The number of nitrogens with zero attached hydrogens (tertiary/aromatic N) is 1. The van der Waals surface area contributed by atoms with E-state index in [4.69, 9.17) is 9.15 Å². The fourth-order valence-electron chi connectivity index (χ4n) is 3.57. The largest absolute Gasteiger partial charge is 0.588 e. The first-order valence-corrected chi connectivity index (χ1v) is 10.7. The van der Waals surface area contributed by atoms with Crippen LogP contribution in [-0.2, 0) is 11.4 Å². The number of ether oxygens (including phenoxy) is 1. The van der Waals surface area contributed by atoms with Gasteiger partial charge in [0.2, 0.25) is 4.90 Å². The Kier molecular flexibility index (Phi) is 5.19. The predicted octanol–water partition coefficient (Wildman–Crippen LogP) is 4.13. The molecule has 1 aliphatic heterocycles. The number of hydrogen-bond acceptors (Lipinski definition) is 5. The Morgan fingerprint density at radius 2 is 2.00 bits per heavy atom. The average molecular weight is 413 g/mol. The van der Waals surface area contributed by atoms with Crippen molar-refractivity contribution in [3.05, 3.63) is 54.3 Å². The van der Waals surface area contributed by atoms with Crippen molar-refractivity contribution in [1.29, 1.82) is 0 Å². The second kappa shape index (κ2) is 7.65. The number of amides is 1. The maximum Gasteiger partial charge on any atom is 0.328 e. The molecular weight excluding hydrogens is 388 g/mol. The molecule has 1 N–H and O–H groups in total. The van der Waals surface area contributed by atoms with Crippen LogP contribution < -0.4 is 14.4 Å². The van der Waals surface area contributed by atoms with E-state index in [9.17, 15) is 9.35 Å². The molecule has 0 saturated carbocycles. The summed E-state index contributed by atoms with van der Waals surface area (Å²) >= 11 is -1.75. The molecule has 1 unspecified atom stereocenters. The molecule has 4 rings (SSSR count). The highest BCUT2D eigenvalue weighted by atomic mass is 32.2. The second-order valence-electron chi connectivity index (χ2n) is 7.93. The van der Waals surface area contributed by atoms with Gasteiger partial charge in [0.25, 0.3) is 0 Å². The van der Waals surface area contributed by atoms with Crippen molar-refractivity contribution in [2.45, 2.75) is 25.7 Å². The molecule has 0 aliphatic carbocycles. The number of carbonyl (C=O) groups excluding carboxylic acids is 1. The zero-order valence-corrected chi connectivity index (χ0v) is 17.5. The van der Waals surface area contributed by atoms with Gasteiger partial charge < -0.3 is 18.6 Å². The first kappa shape index (κ1) is 19.7. The lowest BCUT2D eigenvalue weighted by Gasteiger charge is -2.47. The molecule has 0 radical (unpaired) electrons. The number of carbonyl (C=O) groups is 1. The number of para-hydroxylation sites is 1. The molecule has 152 valence electrons. The van der Waals surface area contributed by atoms with Gasteiger partial charge in [0.1, 0.15) is 16.9 Å². The molecule has 7 heteroatoms. The van der Waals surface area contributed by atoms with Gasteiger partial charge in [-0.3, -0.25) is 4.79 Å². The molecular formula is C22H24N2O4S. The van der Waals surface area contributed by atoms with Crippen LogP contribution in [0.2, 0.25) is 0 Å². The van der Waals surface area contributed by atoms with Gasteiger partial charge in [-0.05, 0) is 42.7 Å². The van der Waals surface area contributed by atoms with Crippen molar-refractivity contribution in [3.63, 3.8) is 0 Å². The Morgan fingerprint density at radius 3 is 2.72 bits per heavy atom. The van der Waals surface area contributed by atoms with Crippen molar-refractivity contribution < 1.29 is 18.5 Å². The summed E-state index contributed by atoms with van der Waals surface area (Å²) in [4.78, 5) is 15.3. The first-order valence-electron chi connectivity index (χ1n) is 9.59. The Labute approximate surface area is 173 Å². The van der Waals surface area contributed by atoms with Gasteiger partial charge in [-0.2, -0.15) is 4.72 Å². The minimum Gasteiger partial charge on any atom is -0.588 e. The van der Waals surface area contributed by atoms with E-state index in [1.54, 1.807) is 30.3 Å². The number of furan rings is 1. The van der Waals surface area contributed by atoms with Crippen molar-refractivity contribution in [2.24, 2.45) is 5.41 Å². The fourth-order valence-corrected chi connectivity index (χ4v) is 4.46. The van der Waals surface area contributed by atoms with Crippen LogP contribution in [0.5, 0.6) is 5.75 Å². The van der Waals surface area contributed by atoms with Crippen LogP contribution in [0.1, 0.15) is 31.3 Å². The maximum absolute atomic E-state index is 12.6. The van der Waals surface area contributed by atoms with E-state index in [1.807, 2.05) is 25.1 Å². The molecule has 1 fully saturated rings.